The number of hydrogen-bond donors (Lipinski definition) is 3. The van der Waals surface area contributed by atoms with Gasteiger partial charge in [-0.05, 0) is 31.2 Å². The first-order chi connectivity index (χ1) is 11.6. The van der Waals surface area contributed by atoms with E-state index < -0.39 is 0 Å². The summed E-state index contributed by atoms with van der Waals surface area (Å²) in [6.07, 6.45) is 1.74. The highest BCUT2D eigenvalue weighted by atomic mass is 127. The zero-order chi connectivity index (χ0) is 17.4. The standard InChI is InChI=1S/C19H31N3O2.HI/c1-15-4-6-17(7-5-15)16(2)12-21-18(20-3)22-13-19(8-10-23)9-11-24-14-19;/h4-7,16,23H,8-14H2,1-3H3,(H2,20,21,22);1H. The maximum atomic E-state index is 9.31. The van der Waals surface area contributed by atoms with Gasteiger partial charge in [0.15, 0.2) is 5.96 Å². The maximum absolute atomic E-state index is 9.31. The second-order valence-corrected chi connectivity index (χ2v) is 6.89. The molecule has 1 aliphatic heterocycles. The van der Waals surface area contributed by atoms with Gasteiger partial charge < -0.3 is 20.5 Å². The normalized spacial score (nSPS) is 21.5. The predicted octanol–water partition coefficient (Wildman–Crippen LogP) is 2.67. The van der Waals surface area contributed by atoms with Crippen LogP contribution >= 0.6 is 24.0 Å². The smallest absolute Gasteiger partial charge is 0.191 e. The van der Waals surface area contributed by atoms with Crippen molar-refractivity contribution in [3.8, 4) is 0 Å². The van der Waals surface area contributed by atoms with Gasteiger partial charge in [0.1, 0.15) is 0 Å². The average molecular weight is 461 g/mol. The number of benzene rings is 1. The third-order valence-corrected chi connectivity index (χ3v) is 4.90. The number of halogens is 1. The van der Waals surface area contributed by atoms with Crippen LogP contribution in [0.15, 0.2) is 29.3 Å². The van der Waals surface area contributed by atoms with Crippen molar-refractivity contribution in [2.45, 2.75) is 32.6 Å². The van der Waals surface area contributed by atoms with E-state index in [0.29, 0.717) is 12.5 Å². The summed E-state index contributed by atoms with van der Waals surface area (Å²) in [6, 6.07) is 8.67. The van der Waals surface area contributed by atoms with E-state index in [1.54, 1.807) is 7.05 Å². The summed E-state index contributed by atoms with van der Waals surface area (Å²) in [5.74, 6) is 1.21. The van der Waals surface area contributed by atoms with Crippen molar-refractivity contribution in [2.75, 3.05) is 40.0 Å². The van der Waals surface area contributed by atoms with Crippen LogP contribution in [-0.4, -0.2) is 51.0 Å². The number of hydrogen-bond acceptors (Lipinski definition) is 3. The highest BCUT2D eigenvalue weighted by Gasteiger charge is 2.34. The molecule has 0 saturated carbocycles. The lowest BCUT2D eigenvalue weighted by Crippen LogP contribution is -2.45. The number of aliphatic hydroxyl groups is 1. The first-order valence-corrected chi connectivity index (χ1v) is 8.78. The number of guanidine groups is 1. The zero-order valence-electron chi connectivity index (χ0n) is 15.5. The third-order valence-electron chi connectivity index (χ3n) is 4.90. The average Bonchev–Trinajstić information content (AvgIpc) is 3.04. The van der Waals surface area contributed by atoms with E-state index in [1.807, 2.05) is 0 Å². The topological polar surface area (TPSA) is 65.9 Å². The molecule has 6 heteroatoms. The summed E-state index contributed by atoms with van der Waals surface area (Å²) in [5, 5.41) is 16.1. The monoisotopic (exact) mass is 461 g/mol. The van der Waals surface area contributed by atoms with Crippen molar-refractivity contribution in [3.63, 3.8) is 0 Å². The van der Waals surface area contributed by atoms with Crippen molar-refractivity contribution in [2.24, 2.45) is 10.4 Å². The Morgan fingerprint density at radius 3 is 2.60 bits per heavy atom. The summed E-state index contributed by atoms with van der Waals surface area (Å²) in [6.45, 7) is 7.59. The number of aliphatic hydroxyl groups excluding tert-OH is 1. The van der Waals surface area contributed by atoms with Crippen LogP contribution in [0.1, 0.15) is 36.8 Å². The highest BCUT2D eigenvalue weighted by molar-refractivity contribution is 14.0. The number of ether oxygens (including phenoxy) is 1. The van der Waals surface area contributed by atoms with Gasteiger partial charge in [0, 0.05) is 38.8 Å². The first-order valence-electron chi connectivity index (χ1n) is 8.78. The molecule has 1 fully saturated rings. The predicted molar refractivity (Wildman–Crippen MR) is 114 cm³/mol. The Bertz CT molecular complexity index is 528. The van der Waals surface area contributed by atoms with Gasteiger partial charge in [-0.25, -0.2) is 0 Å². The molecule has 2 atom stereocenters. The van der Waals surface area contributed by atoms with Gasteiger partial charge in [-0.1, -0.05) is 36.8 Å². The Morgan fingerprint density at radius 2 is 2.04 bits per heavy atom. The SMILES string of the molecule is CN=C(NCC(C)c1ccc(C)cc1)NCC1(CCO)CCOC1.I. The molecule has 2 rings (SSSR count). The van der Waals surface area contributed by atoms with Gasteiger partial charge in [-0.2, -0.15) is 0 Å². The minimum atomic E-state index is 0. The van der Waals surface area contributed by atoms with E-state index in [2.05, 4.69) is 53.7 Å². The van der Waals surface area contributed by atoms with Gasteiger partial charge >= 0.3 is 0 Å². The lowest BCUT2D eigenvalue weighted by atomic mass is 9.84. The molecule has 0 radical (unpaired) electrons. The van der Waals surface area contributed by atoms with Crippen molar-refractivity contribution in [1.29, 1.82) is 0 Å². The Hall–Kier alpha value is -0.860. The van der Waals surface area contributed by atoms with Crippen LogP contribution in [0.4, 0.5) is 0 Å². The molecule has 1 aliphatic rings. The molecular formula is C19H32IN3O2. The number of nitrogens with one attached hydrogen (secondary N) is 2. The van der Waals surface area contributed by atoms with Gasteiger partial charge in [0.25, 0.3) is 0 Å². The minimum Gasteiger partial charge on any atom is -0.396 e. The van der Waals surface area contributed by atoms with Gasteiger partial charge in [0.2, 0.25) is 0 Å². The fourth-order valence-electron chi connectivity index (χ4n) is 3.07. The van der Waals surface area contributed by atoms with E-state index >= 15 is 0 Å². The number of aliphatic imine (C=N–C) groups is 1. The summed E-state index contributed by atoms with van der Waals surface area (Å²) < 4.78 is 5.53. The molecular weight excluding hydrogens is 429 g/mol. The fourth-order valence-corrected chi connectivity index (χ4v) is 3.07. The lowest BCUT2D eigenvalue weighted by molar-refractivity contribution is 0.127. The van der Waals surface area contributed by atoms with Gasteiger partial charge in [0.05, 0.1) is 6.61 Å². The molecule has 0 aromatic heterocycles. The quantitative estimate of drug-likeness (QED) is 0.332. The molecule has 142 valence electrons. The van der Waals surface area contributed by atoms with E-state index in [9.17, 15) is 5.11 Å². The summed E-state index contributed by atoms with van der Waals surface area (Å²) >= 11 is 0. The molecule has 1 aromatic rings. The minimum absolute atomic E-state index is 0. The van der Waals surface area contributed by atoms with E-state index in [1.165, 1.54) is 11.1 Å². The number of rotatable bonds is 7. The Morgan fingerprint density at radius 1 is 1.32 bits per heavy atom. The van der Waals surface area contributed by atoms with Crippen LogP contribution in [0.3, 0.4) is 0 Å². The second-order valence-electron chi connectivity index (χ2n) is 6.89. The first kappa shape index (κ1) is 22.2. The van der Waals surface area contributed by atoms with Crippen LogP contribution in [0, 0.1) is 12.3 Å². The van der Waals surface area contributed by atoms with Gasteiger partial charge in [-0.3, -0.25) is 4.99 Å². The Balaban J connectivity index is 0.00000312. The van der Waals surface area contributed by atoms with Crippen LogP contribution < -0.4 is 10.6 Å². The van der Waals surface area contributed by atoms with Crippen LogP contribution in [0.25, 0.3) is 0 Å². The second kappa shape index (κ2) is 11.0. The molecule has 0 bridgehead atoms. The largest absolute Gasteiger partial charge is 0.396 e. The van der Waals surface area contributed by atoms with Crippen molar-refractivity contribution < 1.29 is 9.84 Å². The van der Waals surface area contributed by atoms with Crippen LogP contribution in [0.2, 0.25) is 0 Å². The lowest BCUT2D eigenvalue weighted by Gasteiger charge is -2.28. The molecule has 1 saturated heterocycles. The molecule has 25 heavy (non-hydrogen) atoms. The Labute approximate surface area is 168 Å². The van der Waals surface area contributed by atoms with Crippen molar-refractivity contribution in [1.82, 2.24) is 10.6 Å². The third kappa shape index (κ3) is 6.75. The summed E-state index contributed by atoms with van der Waals surface area (Å²) in [4.78, 5) is 4.31. The molecule has 0 amide bonds. The molecule has 5 nitrogen and oxygen atoms in total. The summed E-state index contributed by atoms with van der Waals surface area (Å²) in [7, 11) is 1.79. The molecule has 3 N–H and O–H groups in total. The Kier molecular flexibility index (Phi) is 9.74. The molecule has 1 aromatic carbocycles. The van der Waals surface area contributed by atoms with E-state index in [0.717, 1.165) is 38.5 Å². The van der Waals surface area contributed by atoms with Crippen LogP contribution in [-0.2, 0) is 4.74 Å². The van der Waals surface area contributed by atoms with E-state index in [-0.39, 0.29) is 36.0 Å². The van der Waals surface area contributed by atoms with Crippen molar-refractivity contribution in [3.05, 3.63) is 35.4 Å². The maximum Gasteiger partial charge on any atom is 0.191 e. The highest BCUT2D eigenvalue weighted by Crippen LogP contribution is 2.31. The summed E-state index contributed by atoms with van der Waals surface area (Å²) in [5.41, 5.74) is 2.63. The number of aryl methyl sites for hydroxylation is 1. The fraction of sp³-hybridized carbons (Fsp3) is 0.632. The zero-order valence-corrected chi connectivity index (χ0v) is 17.9. The molecule has 0 aliphatic carbocycles. The molecule has 0 spiro atoms. The number of nitrogens with zero attached hydrogens (tertiary/aromatic N) is 1. The molecule has 2 unspecified atom stereocenters. The van der Waals surface area contributed by atoms with Gasteiger partial charge in [-0.15, -0.1) is 24.0 Å². The molecule has 1 heterocycles. The van der Waals surface area contributed by atoms with Crippen LogP contribution in [0.5, 0.6) is 0 Å². The van der Waals surface area contributed by atoms with Crippen molar-refractivity contribution >= 4 is 29.9 Å². The van der Waals surface area contributed by atoms with E-state index in [4.69, 9.17) is 4.74 Å².